The van der Waals surface area contributed by atoms with Gasteiger partial charge in [-0.15, -0.1) is 21.8 Å². The smallest absolute Gasteiger partial charge is 0.148 e. The molecule has 1 aromatic rings. The summed E-state index contributed by atoms with van der Waals surface area (Å²) in [5, 5.41) is 7.95. The number of aromatic nitrogens is 3. The topological polar surface area (TPSA) is 30.7 Å². The lowest BCUT2D eigenvalue weighted by molar-refractivity contribution is 0.347. The van der Waals surface area contributed by atoms with Crippen molar-refractivity contribution in [2.24, 2.45) is 11.8 Å². The molecule has 1 saturated carbocycles. The Morgan fingerprint density at radius 1 is 1.50 bits per heavy atom. The van der Waals surface area contributed by atoms with Gasteiger partial charge in [0.15, 0.2) is 0 Å². The highest BCUT2D eigenvalue weighted by atomic mass is 35.5. The number of halogens is 1. The van der Waals surface area contributed by atoms with Gasteiger partial charge >= 0.3 is 0 Å². The van der Waals surface area contributed by atoms with E-state index >= 15 is 0 Å². The van der Waals surface area contributed by atoms with Gasteiger partial charge in [0.1, 0.15) is 12.2 Å². The summed E-state index contributed by atoms with van der Waals surface area (Å²) in [7, 11) is 0. The van der Waals surface area contributed by atoms with Gasteiger partial charge in [-0.25, -0.2) is 0 Å². The number of hydrogen-bond donors (Lipinski definition) is 0. The van der Waals surface area contributed by atoms with Gasteiger partial charge in [-0.3, -0.25) is 0 Å². The minimum Gasteiger partial charge on any atom is -0.313 e. The van der Waals surface area contributed by atoms with Gasteiger partial charge in [0.25, 0.3) is 0 Å². The minimum absolute atomic E-state index is 0.456. The zero-order valence-corrected chi connectivity index (χ0v) is 9.41. The molecular formula is C10H16ClN3. The summed E-state index contributed by atoms with van der Waals surface area (Å²) in [4.78, 5) is 0. The van der Waals surface area contributed by atoms with Crippen molar-refractivity contribution in [1.82, 2.24) is 14.8 Å². The van der Waals surface area contributed by atoms with Crippen molar-refractivity contribution in [2.45, 2.75) is 38.6 Å². The molecule has 0 saturated heterocycles. The summed E-state index contributed by atoms with van der Waals surface area (Å²) < 4.78 is 2.15. The molecule has 1 heterocycles. The van der Waals surface area contributed by atoms with Crippen LogP contribution in [-0.2, 0) is 5.88 Å². The van der Waals surface area contributed by atoms with Crippen LogP contribution in [-0.4, -0.2) is 14.8 Å². The van der Waals surface area contributed by atoms with Crippen LogP contribution in [0.15, 0.2) is 6.33 Å². The maximum absolute atomic E-state index is 5.81. The molecule has 0 aliphatic heterocycles. The fourth-order valence-electron chi connectivity index (χ4n) is 2.37. The van der Waals surface area contributed by atoms with E-state index < -0.39 is 0 Å². The largest absolute Gasteiger partial charge is 0.313 e. The molecule has 78 valence electrons. The van der Waals surface area contributed by atoms with E-state index in [9.17, 15) is 0 Å². The average Bonchev–Trinajstić information content (AvgIpc) is 2.75. The Bertz CT molecular complexity index is 310. The molecule has 0 N–H and O–H groups in total. The monoisotopic (exact) mass is 213 g/mol. The molecule has 0 bridgehead atoms. The third-order valence-corrected chi connectivity index (χ3v) is 3.79. The first-order chi connectivity index (χ1) is 6.74. The molecule has 3 unspecified atom stereocenters. The molecule has 1 fully saturated rings. The van der Waals surface area contributed by atoms with E-state index in [1.807, 2.05) is 6.33 Å². The van der Waals surface area contributed by atoms with Crippen LogP contribution in [0.5, 0.6) is 0 Å². The molecule has 3 atom stereocenters. The first kappa shape index (κ1) is 9.97. The lowest BCUT2D eigenvalue weighted by Crippen LogP contribution is -2.15. The van der Waals surface area contributed by atoms with Crippen LogP contribution in [0.1, 0.15) is 38.6 Å². The van der Waals surface area contributed by atoms with E-state index in [1.54, 1.807) is 0 Å². The Labute approximate surface area is 89.5 Å². The van der Waals surface area contributed by atoms with Gasteiger partial charge in [-0.2, -0.15) is 0 Å². The second kappa shape index (κ2) is 3.89. The van der Waals surface area contributed by atoms with Crippen LogP contribution in [0.25, 0.3) is 0 Å². The van der Waals surface area contributed by atoms with Crippen molar-refractivity contribution in [1.29, 1.82) is 0 Å². The first-order valence-electron chi connectivity index (χ1n) is 5.18. The Morgan fingerprint density at radius 3 is 2.86 bits per heavy atom. The molecule has 0 spiro atoms. The van der Waals surface area contributed by atoms with Crippen molar-refractivity contribution in [2.75, 3.05) is 0 Å². The average molecular weight is 214 g/mol. The molecule has 1 aliphatic rings. The normalized spacial score (nSPS) is 32.4. The van der Waals surface area contributed by atoms with Crippen molar-refractivity contribution in [3.63, 3.8) is 0 Å². The zero-order chi connectivity index (χ0) is 10.1. The molecule has 14 heavy (non-hydrogen) atoms. The Balaban J connectivity index is 2.23. The summed E-state index contributed by atoms with van der Waals surface area (Å²) in [6.07, 6.45) is 4.34. The maximum atomic E-state index is 5.81. The third kappa shape index (κ3) is 1.54. The van der Waals surface area contributed by atoms with Crippen LogP contribution in [0.3, 0.4) is 0 Å². The molecule has 1 aromatic heterocycles. The Kier molecular flexibility index (Phi) is 2.77. The van der Waals surface area contributed by atoms with Crippen molar-refractivity contribution in [3.05, 3.63) is 12.2 Å². The van der Waals surface area contributed by atoms with Crippen LogP contribution in [0, 0.1) is 11.8 Å². The van der Waals surface area contributed by atoms with Gasteiger partial charge in [0, 0.05) is 6.04 Å². The summed E-state index contributed by atoms with van der Waals surface area (Å²) >= 11 is 5.81. The summed E-state index contributed by atoms with van der Waals surface area (Å²) in [6.45, 7) is 4.62. The van der Waals surface area contributed by atoms with Gasteiger partial charge in [-0.05, 0) is 24.7 Å². The van der Waals surface area contributed by atoms with Gasteiger partial charge in [0.2, 0.25) is 0 Å². The lowest BCUT2D eigenvalue weighted by atomic mass is 9.98. The minimum atomic E-state index is 0.456. The lowest BCUT2D eigenvalue weighted by Gasteiger charge is -2.20. The van der Waals surface area contributed by atoms with E-state index in [-0.39, 0.29) is 0 Å². The first-order valence-corrected chi connectivity index (χ1v) is 5.72. The standard InChI is InChI=1S/C10H16ClN3/c1-7-3-4-9(8(7)2)14-6-12-13-10(14)5-11/h6-9H,3-5H2,1-2H3. The molecule has 2 rings (SSSR count). The fourth-order valence-corrected chi connectivity index (χ4v) is 2.56. The van der Waals surface area contributed by atoms with Gasteiger partial charge < -0.3 is 4.57 Å². The summed E-state index contributed by atoms with van der Waals surface area (Å²) in [5.74, 6) is 2.86. The Hall–Kier alpha value is -0.570. The van der Waals surface area contributed by atoms with Crippen LogP contribution in [0.2, 0.25) is 0 Å². The van der Waals surface area contributed by atoms with E-state index in [0.717, 1.165) is 11.7 Å². The number of rotatable bonds is 2. The predicted octanol–water partition coefficient (Wildman–Crippen LogP) is 2.62. The van der Waals surface area contributed by atoms with Crippen molar-refractivity contribution in [3.8, 4) is 0 Å². The molecule has 0 radical (unpaired) electrons. The quantitative estimate of drug-likeness (QED) is 0.708. The van der Waals surface area contributed by atoms with E-state index in [4.69, 9.17) is 11.6 Å². The molecular weight excluding hydrogens is 198 g/mol. The summed E-state index contributed by atoms with van der Waals surface area (Å²) in [6, 6.07) is 0.550. The van der Waals surface area contributed by atoms with Gasteiger partial charge in [-0.1, -0.05) is 13.8 Å². The maximum Gasteiger partial charge on any atom is 0.148 e. The van der Waals surface area contributed by atoms with Crippen LogP contribution < -0.4 is 0 Å². The molecule has 0 amide bonds. The molecule has 4 heteroatoms. The highest BCUT2D eigenvalue weighted by molar-refractivity contribution is 6.16. The van der Waals surface area contributed by atoms with Crippen LogP contribution in [0.4, 0.5) is 0 Å². The van der Waals surface area contributed by atoms with Crippen LogP contribution >= 0.6 is 11.6 Å². The Morgan fingerprint density at radius 2 is 2.29 bits per heavy atom. The van der Waals surface area contributed by atoms with E-state index in [2.05, 4.69) is 28.6 Å². The second-order valence-corrected chi connectivity index (χ2v) is 4.54. The van der Waals surface area contributed by atoms with Gasteiger partial charge in [0.05, 0.1) is 5.88 Å². The third-order valence-electron chi connectivity index (χ3n) is 3.55. The highest BCUT2D eigenvalue weighted by Gasteiger charge is 2.31. The van der Waals surface area contributed by atoms with Crippen molar-refractivity contribution >= 4 is 11.6 Å². The second-order valence-electron chi connectivity index (χ2n) is 4.27. The number of hydrogen-bond acceptors (Lipinski definition) is 2. The zero-order valence-electron chi connectivity index (χ0n) is 8.65. The van der Waals surface area contributed by atoms with E-state index in [1.165, 1.54) is 12.8 Å². The number of alkyl halides is 1. The fraction of sp³-hybridized carbons (Fsp3) is 0.800. The van der Waals surface area contributed by atoms with Crippen molar-refractivity contribution < 1.29 is 0 Å². The SMILES string of the molecule is CC1CCC(n2cnnc2CCl)C1C. The summed E-state index contributed by atoms with van der Waals surface area (Å²) in [5.41, 5.74) is 0. The molecule has 3 nitrogen and oxygen atoms in total. The van der Waals surface area contributed by atoms with E-state index in [0.29, 0.717) is 17.8 Å². The molecule has 0 aromatic carbocycles. The number of nitrogens with zero attached hydrogens (tertiary/aromatic N) is 3. The highest BCUT2D eigenvalue weighted by Crippen LogP contribution is 2.40. The predicted molar refractivity (Wildman–Crippen MR) is 56.2 cm³/mol. The molecule has 1 aliphatic carbocycles.